The van der Waals surface area contributed by atoms with Gasteiger partial charge in [0, 0.05) is 37.6 Å². The molecule has 2 aliphatic heterocycles. The van der Waals surface area contributed by atoms with Crippen molar-refractivity contribution in [1.82, 2.24) is 4.98 Å². The Bertz CT molecular complexity index is 983. The number of hydrogen-bond acceptors (Lipinski definition) is 3. The van der Waals surface area contributed by atoms with Gasteiger partial charge in [-0.3, -0.25) is 0 Å². The van der Waals surface area contributed by atoms with Gasteiger partial charge in [-0.2, -0.15) is 0 Å². The summed E-state index contributed by atoms with van der Waals surface area (Å²) in [7, 11) is 0. The van der Waals surface area contributed by atoms with E-state index in [-0.39, 0.29) is 0 Å². The van der Waals surface area contributed by atoms with Crippen molar-refractivity contribution in [3.05, 3.63) is 89.2 Å². The molecule has 32 heavy (non-hydrogen) atoms. The van der Waals surface area contributed by atoms with Crippen molar-refractivity contribution in [1.29, 1.82) is 0 Å². The third-order valence-corrected chi connectivity index (χ3v) is 6.41. The van der Waals surface area contributed by atoms with E-state index in [1.165, 1.54) is 74.4 Å². The molecule has 0 N–H and O–H groups in total. The molecule has 0 aliphatic carbocycles. The smallest absolute Gasteiger partial charge is 0.0637 e. The molecule has 0 spiro atoms. The fourth-order valence-corrected chi connectivity index (χ4v) is 4.56. The minimum Gasteiger partial charge on any atom is -0.372 e. The number of hydrogen-bond donors (Lipinski definition) is 0. The van der Waals surface area contributed by atoms with Crippen LogP contribution in [0.4, 0.5) is 11.4 Å². The number of aromatic nitrogens is 1. The van der Waals surface area contributed by atoms with Gasteiger partial charge in [0.15, 0.2) is 0 Å². The maximum Gasteiger partial charge on any atom is 0.0637 e. The van der Waals surface area contributed by atoms with E-state index >= 15 is 0 Å². The Morgan fingerprint density at radius 2 is 0.906 bits per heavy atom. The average molecular weight is 422 g/mol. The lowest BCUT2D eigenvalue weighted by Crippen LogP contribution is -2.17. The second kappa shape index (κ2) is 9.86. The van der Waals surface area contributed by atoms with E-state index in [0.717, 1.165) is 11.4 Å². The van der Waals surface area contributed by atoms with E-state index in [2.05, 4.69) is 101 Å². The Kier molecular flexibility index (Phi) is 6.34. The van der Waals surface area contributed by atoms with Crippen LogP contribution < -0.4 is 9.80 Å². The van der Waals surface area contributed by atoms with E-state index in [4.69, 9.17) is 4.98 Å². The zero-order valence-corrected chi connectivity index (χ0v) is 18.7. The fraction of sp³-hybridized carbons (Fsp3) is 0.276. The van der Waals surface area contributed by atoms with Crippen LogP contribution in [0.2, 0.25) is 0 Å². The molecule has 0 unspecified atom stereocenters. The van der Waals surface area contributed by atoms with Gasteiger partial charge in [0.05, 0.1) is 11.4 Å². The minimum atomic E-state index is 0.972. The Balaban J connectivity index is 1.22. The number of pyridine rings is 1. The Labute approximate surface area is 191 Å². The van der Waals surface area contributed by atoms with Crippen molar-refractivity contribution in [2.75, 3.05) is 36.0 Å². The lowest BCUT2D eigenvalue weighted by Gasteiger charge is -2.17. The zero-order valence-electron chi connectivity index (χ0n) is 18.7. The summed E-state index contributed by atoms with van der Waals surface area (Å²) in [4.78, 5) is 9.70. The van der Waals surface area contributed by atoms with Crippen molar-refractivity contribution in [2.24, 2.45) is 0 Å². The van der Waals surface area contributed by atoms with Crippen LogP contribution in [0.1, 0.15) is 48.2 Å². The Hall–Kier alpha value is -3.33. The van der Waals surface area contributed by atoms with Crippen molar-refractivity contribution in [3.63, 3.8) is 0 Å². The lowest BCUT2D eigenvalue weighted by atomic mass is 10.1. The second-order valence-electron chi connectivity index (χ2n) is 8.73. The second-order valence-corrected chi connectivity index (χ2v) is 8.73. The summed E-state index contributed by atoms with van der Waals surface area (Å²) in [6.07, 6.45) is 13.7. The summed E-state index contributed by atoms with van der Waals surface area (Å²) in [5.41, 5.74) is 7.01. The van der Waals surface area contributed by atoms with Crippen LogP contribution in [0.25, 0.3) is 24.3 Å². The maximum atomic E-state index is 4.77. The van der Waals surface area contributed by atoms with Crippen molar-refractivity contribution in [3.8, 4) is 0 Å². The van der Waals surface area contributed by atoms with Gasteiger partial charge in [0.1, 0.15) is 0 Å². The Morgan fingerprint density at radius 1 is 0.500 bits per heavy atom. The van der Waals surface area contributed by atoms with Crippen LogP contribution in [0.3, 0.4) is 0 Å². The molecular formula is C29H31N3. The van der Waals surface area contributed by atoms with E-state index in [0.29, 0.717) is 0 Å². The highest BCUT2D eigenvalue weighted by Gasteiger charge is 2.12. The average Bonchev–Trinajstić information content (AvgIpc) is 3.57. The van der Waals surface area contributed by atoms with Gasteiger partial charge in [-0.25, -0.2) is 4.98 Å². The molecule has 0 atom stereocenters. The maximum absolute atomic E-state index is 4.77. The van der Waals surface area contributed by atoms with Crippen molar-refractivity contribution < 1.29 is 0 Å². The van der Waals surface area contributed by atoms with E-state index in [1.807, 2.05) is 0 Å². The van der Waals surface area contributed by atoms with E-state index in [9.17, 15) is 0 Å². The molecule has 162 valence electrons. The van der Waals surface area contributed by atoms with Crippen LogP contribution in [-0.4, -0.2) is 31.2 Å². The van der Waals surface area contributed by atoms with Crippen molar-refractivity contribution >= 4 is 35.7 Å². The summed E-state index contributed by atoms with van der Waals surface area (Å²) in [5, 5.41) is 0. The first-order valence-corrected chi connectivity index (χ1v) is 11.9. The number of rotatable bonds is 6. The number of benzene rings is 2. The van der Waals surface area contributed by atoms with Gasteiger partial charge in [-0.05, 0) is 85.4 Å². The molecule has 2 aliphatic rings. The third-order valence-electron chi connectivity index (χ3n) is 6.41. The first-order chi connectivity index (χ1) is 15.8. The zero-order chi connectivity index (χ0) is 21.6. The normalized spacial score (nSPS) is 16.6. The summed E-state index contributed by atoms with van der Waals surface area (Å²) < 4.78 is 0. The van der Waals surface area contributed by atoms with E-state index in [1.54, 1.807) is 0 Å². The largest absolute Gasteiger partial charge is 0.372 e. The highest BCUT2D eigenvalue weighted by atomic mass is 15.1. The molecule has 1 aromatic heterocycles. The van der Waals surface area contributed by atoms with Crippen LogP contribution >= 0.6 is 0 Å². The first kappa shape index (κ1) is 20.6. The molecule has 3 heteroatoms. The molecule has 3 heterocycles. The summed E-state index contributed by atoms with van der Waals surface area (Å²) in [6.45, 7) is 4.73. The van der Waals surface area contributed by atoms with Crippen LogP contribution in [-0.2, 0) is 0 Å². The highest BCUT2D eigenvalue weighted by molar-refractivity contribution is 5.72. The molecule has 2 saturated heterocycles. The van der Waals surface area contributed by atoms with Crippen molar-refractivity contribution in [2.45, 2.75) is 25.7 Å². The van der Waals surface area contributed by atoms with Gasteiger partial charge in [-0.1, -0.05) is 42.5 Å². The van der Waals surface area contributed by atoms with Gasteiger partial charge >= 0.3 is 0 Å². The molecule has 3 aromatic rings. The lowest BCUT2D eigenvalue weighted by molar-refractivity contribution is 0.949. The molecule has 2 aromatic carbocycles. The molecule has 3 nitrogen and oxygen atoms in total. The Morgan fingerprint density at radius 3 is 1.31 bits per heavy atom. The monoisotopic (exact) mass is 421 g/mol. The molecule has 0 radical (unpaired) electrons. The fourth-order valence-electron chi connectivity index (χ4n) is 4.56. The molecule has 0 bridgehead atoms. The summed E-state index contributed by atoms with van der Waals surface area (Å²) >= 11 is 0. The van der Waals surface area contributed by atoms with Gasteiger partial charge in [0.25, 0.3) is 0 Å². The van der Waals surface area contributed by atoms with Crippen LogP contribution in [0.5, 0.6) is 0 Å². The topological polar surface area (TPSA) is 19.4 Å². The molecule has 2 fully saturated rings. The van der Waals surface area contributed by atoms with Gasteiger partial charge < -0.3 is 9.80 Å². The van der Waals surface area contributed by atoms with Gasteiger partial charge in [-0.15, -0.1) is 0 Å². The molecule has 5 rings (SSSR count). The van der Waals surface area contributed by atoms with Crippen LogP contribution in [0, 0.1) is 0 Å². The standard InChI is InChI=1S/C29H31N3/c1-2-21-31(20-1)28-16-10-24(11-17-28)8-14-26-6-5-7-27(30-26)15-9-25-12-18-29(19-13-25)32-22-3-4-23-32/h5-19H,1-4,20-23H2/b14-8+,15-9+. The molecule has 0 amide bonds. The highest BCUT2D eigenvalue weighted by Crippen LogP contribution is 2.22. The molecule has 0 saturated carbocycles. The summed E-state index contributed by atoms with van der Waals surface area (Å²) in [5.74, 6) is 0. The molecular weight excluding hydrogens is 390 g/mol. The number of anilines is 2. The quantitative estimate of drug-likeness (QED) is 0.446. The SMILES string of the molecule is C(=C\c1cccc(/C=C/c2ccc(N3CCCC3)cc2)n1)/c1ccc(N2CCCC2)cc1. The third kappa shape index (κ3) is 5.11. The van der Waals surface area contributed by atoms with E-state index < -0.39 is 0 Å². The predicted octanol–water partition coefficient (Wildman–Crippen LogP) is 6.62. The first-order valence-electron chi connectivity index (χ1n) is 11.9. The summed E-state index contributed by atoms with van der Waals surface area (Å²) in [6, 6.07) is 23.9. The van der Waals surface area contributed by atoms with Crippen LogP contribution in [0.15, 0.2) is 66.7 Å². The predicted molar refractivity (Wildman–Crippen MR) is 138 cm³/mol. The van der Waals surface area contributed by atoms with Gasteiger partial charge in [0.2, 0.25) is 0 Å². The number of nitrogens with zero attached hydrogens (tertiary/aromatic N) is 3. The minimum absolute atomic E-state index is 0.972.